The molecule has 0 fully saturated rings. The molecule has 0 aliphatic carbocycles. The Morgan fingerprint density at radius 1 is 1.10 bits per heavy atom. The third-order valence-electron chi connectivity index (χ3n) is 5.74. The molecule has 2 aromatic heterocycles. The Balaban J connectivity index is 1.43. The summed E-state index contributed by atoms with van der Waals surface area (Å²) < 4.78 is 1.79. The van der Waals surface area contributed by atoms with Crippen LogP contribution in [0, 0.1) is 0 Å². The van der Waals surface area contributed by atoms with E-state index in [2.05, 4.69) is 15.3 Å². The molecule has 0 saturated heterocycles. The van der Waals surface area contributed by atoms with Gasteiger partial charge in [-0.1, -0.05) is 18.6 Å². The zero-order valence-corrected chi connectivity index (χ0v) is 16.8. The number of hydrogen-bond acceptors (Lipinski definition) is 4. The van der Waals surface area contributed by atoms with Gasteiger partial charge in [-0.05, 0) is 50.1 Å². The van der Waals surface area contributed by atoms with E-state index in [-0.39, 0.29) is 17.5 Å². The van der Waals surface area contributed by atoms with Crippen LogP contribution in [0.4, 0.5) is 0 Å². The van der Waals surface area contributed by atoms with Gasteiger partial charge in [-0.2, -0.15) is 0 Å². The van der Waals surface area contributed by atoms with Crippen LogP contribution >= 0.6 is 0 Å². The molecule has 3 heterocycles. The molecule has 0 saturated carbocycles. The lowest BCUT2D eigenvalue weighted by atomic mass is 10.1. The molecule has 0 bridgehead atoms. The van der Waals surface area contributed by atoms with Crippen molar-refractivity contribution in [3.8, 4) is 0 Å². The number of H-pyrrole nitrogens is 1. The molecule has 2 aromatic carbocycles. The molecule has 0 spiro atoms. The van der Waals surface area contributed by atoms with Gasteiger partial charge in [0.15, 0.2) is 0 Å². The first-order valence-corrected chi connectivity index (χ1v) is 10.4. The minimum Gasteiger partial charge on any atom is -0.342 e. The number of imidazole rings is 1. The third kappa shape index (κ3) is 3.26. The van der Waals surface area contributed by atoms with E-state index in [1.54, 1.807) is 22.8 Å². The standard InChI is InChI=1S/C23H23N5O2/c1-14(21-26-17-7-4-5-8-18(17)27-21)24-22(29)15-10-11-16-19(13-15)25-20-9-3-2-6-12-28(20)23(16)30/h4-5,7-8,10-11,13-14H,2-3,6,9,12H2,1H3,(H,24,29)(H,26,27). The summed E-state index contributed by atoms with van der Waals surface area (Å²) in [5.41, 5.74) is 2.85. The van der Waals surface area contributed by atoms with Gasteiger partial charge < -0.3 is 10.3 Å². The Morgan fingerprint density at radius 3 is 2.83 bits per heavy atom. The fraction of sp³-hybridized carbons (Fsp3) is 0.304. The van der Waals surface area contributed by atoms with Crippen LogP contribution in [-0.2, 0) is 13.0 Å². The summed E-state index contributed by atoms with van der Waals surface area (Å²) in [6.07, 6.45) is 3.94. The van der Waals surface area contributed by atoms with Crippen LogP contribution in [0.25, 0.3) is 21.9 Å². The normalized spacial score (nSPS) is 15.0. The Morgan fingerprint density at radius 2 is 1.97 bits per heavy atom. The number of amides is 1. The van der Waals surface area contributed by atoms with Gasteiger partial charge in [-0.15, -0.1) is 0 Å². The topological polar surface area (TPSA) is 92.7 Å². The highest BCUT2D eigenvalue weighted by atomic mass is 16.1. The number of carbonyl (C=O) groups excluding carboxylic acids is 1. The molecule has 1 unspecified atom stereocenters. The molecular weight excluding hydrogens is 378 g/mol. The Bertz CT molecular complexity index is 1290. The summed E-state index contributed by atoms with van der Waals surface area (Å²) in [7, 11) is 0. The van der Waals surface area contributed by atoms with Crippen molar-refractivity contribution < 1.29 is 4.79 Å². The number of nitrogens with zero attached hydrogens (tertiary/aromatic N) is 3. The molecular formula is C23H23N5O2. The SMILES string of the molecule is CC(NC(=O)c1ccc2c(=O)n3c(nc2c1)CCCCC3)c1nc2ccccc2[nH]1. The van der Waals surface area contributed by atoms with E-state index < -0.39 is 0 Å². The lowest BCUT2D eigenvalue weighted by molar-refractivity contribution is 0.0938. The van der Waals surface area contributed by atoms with E-state index in [0.717, 1.165) is 42.5 Å². The first-order valence-electron chi connectivity index (χ1n) is 10.4. The van der Waals surface area contributed by atoms with E-state index in [4.69, 9.17) is 4.98 Å². The van der Waals surface area contributed by atoms with Crippen molar-refractivity contribution in [2.45, 2.75) is 45.2 Å². The van der Waals surface area contributed by atoms with Crippen molar-refractivity contribution in [2.24, 2.45) is 0 Å². The average Bonchev–Trinajstić information content (AvgIpc) is 3.05. The fourth-order valence-electron chi connectivity index (χ4n) is 4.09. The van der Waals surface area contributed by atoms with Crippen LogP contribution in [-0.4, -0.2) is 25.4 Å². The summed E-state index contributed by atoms with van der Waals surface area (Å²) in [6, 6.07) is 12.6. The van der Waals surface area contributed by atoms with Crippen molar-refractivity contribution in [3.05, 3.63) is 70.0 Å². The highest BCUT2D eigenvalue weighted by Gasteiger charge is 2.18. The highest BCUT2D eigenvalue weighted by molar-refractivity contribution is 5.97. The van der Waals surface area contributed by atoms with Crippen molar-refractivity contribution in [1.29, 1.82) is 0 Å². The molecule has 1 aliphatic rings. The van der Waals surface area contributed by atoms with Crippen LogP contribution in [0.15, 0.2) is 47.3 Å². The van der Waals surface area contributed by atoms with E-state index in [9.17, 15) is 9.59 Å². The summed E-state index contributed by atoms with van der Waals surface area (Å²) in [5, 5.41) is 3.54. The average molecular weight is 401 g/mol. The Labute approximate surface area is 173 Å². The zero-order valence-electron chi connectivity index (χ0n) is 16.8. The second-order valence-corrected chi connectivity index (χ2v) is 7.86. The zero-order chi connectivity index (χ0) is 20.7. The lowest BCUT2D eigenvalue weighted by Crippen LogP contribution is -2.28. The first-order chi connectivity index (χ1) is 14.6. The van der Waals surface area contributed by atoms with E-state index >= 15 is 0 Å². The summed E-state index contributed by atoms with van der Waals surface area (Å²) in [6.45, 7) is 2.61. The van der Waals surface area contributed by atoms with E-state index in [1.807, 2.05) is 31.2 Å². The number of rotatable bonds is 3. The molecule has 1 amide bonds. The van der Waals surface area contributed by atoms with Gasteiger partial charge in [0, 0.05) is 18.5 Å². The third-order valence-corrected chi connectivity index (χ3v) is 5.74. The molecule has 30 heavy (non-hydrogen) atoms. The number of carbonyl (C=O) groups is 1. The number of aryl methyl sites for hydroxylation is 1. The first kappa shape index (κ1) is 18.5. The molecule has 4 aromatic rings. The minimum atomic E-state index is -0.286. The van der Waals surface area contributed by atoms with E-state index in [0.29, 0.717) is 28.8 Å². The fourth-order valence-corrected chi connectivity index (χ4v) is 4.09. The predicted molar refractivity (Wildman–Crippen MR) is 116 cm³/mol. The van der Waals surface area contributed by atoms with Crippen molar-refractivity contribution in [2.75, 3.05) is 0 Å². The van der Waals surface area contributed by atoms with Crippen LogP contribution in [0.3, 0.4) is 0 Å². The van der Waals surface area contributed by atoms with Gasteiger partial charge in [0.2, 0.25) is 0 Å². The van der Waals surface area contributed by atoms with Gasteiger partial charge in [0.1, 0.15) is 11.6 Å². The van der Waals surface area contributed by atoms with Gasteiger partial charge in [0.05, 0.1) is 28.0 Å². The number of para-hydroxylation sites is 2. The van der Waals surface area contributed by atoms with Crippen LogP contribution in [0.2, 0.25) is 0 Å². The molecule has 0 radical (unpaired) electrons. The maximum Gasteiger partial charge on any atom is 0.261 e. The maximum atomic E-state index is 12.9. The Hall–Kier alpha value is -3.48. The lowest BCUT2D eigenvalue weighted by Gasteiger charge is -2.13. The summed E-state index contributed by atoms with van der Waals surface area (Å²) in [4.78, 5) is 38.2. The second kappa shape index (κ2) is 7.40. The molecule has 7 heteroatoms. The monoisotopic (exact) mass is 401 g/mol. The molecule has 2 N–H and O–H groups in total. The van der Waals surface area contributed by atoms with Gasteiger partial charge >= 0.3 is 0 Å². The molecule has 5 rings (SSSR count). The predicted octanol–water partition coefficient (Wildman–Crippen LogP) is 3.49. The number of fused-ring (bicyclic) bond motifs is 3. The van der Waals surface area contributed by atoms with Gasteiger partial charge in [-0.25, -0.2) is 9.97 Å². The number of aromatic nitrogens is 4. The number of benzene rings is 2. The second-order valence-electron chi connectivity index (χ2n) is 7.86. The molecule has 1 aliphatic heterocycles. The summed E-state index contributed by atoms with van der Waals surface area (Å²) >= 11 is 0. The molecule has 1 atom stereocenters. The van der Waals surface area contributed by atoms with E-state index in [1.165, 1.54) is 0 Å². The van der Waals surface area contributed by atoms with Crippen molar-refractivity contribution in [3.63, 3.8) is 0 Å². The van der Waals surface area contributed by atoms with Gasteiger partial charge in [-0.3, -0.25) is 14.2 Å². The Kier molecular flexibility index (Phi) is 4.58. The quantitative estimate of drug-likeness (QED) is 0.550. The van der Waals surface area contributed by atoms with Crippen molar-refractivity contribution in [1.82, 2.24) is 24.8 Å². The van der Waals surface area contributed by atoms with Gasteiger partial charge in [0.25, 0.3) is 11.5 Å². The number of nitrogens with one attached hydrogen (secondary N) is 2. The van der Waals surface area contributed by atoms with Crippen LogP contribution in [0.5, 0.6) is 0 Å². The highest BCUT2D eigenvalue weighted by Crippen LogP contribution is 2.18. The summed E-state index contributed by atoms with van der Waals surface area (Å²) in [5.74, 6) is 1.30. The van der Waals surface area contributed by atoms with Crippen LogP contribution in [0.1, 0.15) is 54.2 Å². The minimum absolute atomic E-state index is 0.0144. The number of hydrogen-bond donors (Lipinski definition) is 2. The molecule has 152 valence electrons. The molecule has 7 nitrogen and oxygen atoms in total. The van der Waals surface area contributed by atoms with Crippen LogP contribution < -0.4 is 10.9 Å². The van der Waals surface area contributed by atoms with Crippen molar-refractivity contribution >= 4 is 27.8 Å². The number of aromatic amines is 1. The largest absolute Gasteiger partial charge is 0.342 e. The smallest absolute Gasteiger partial charge is 0.261 e. The maximum absolute atomic E-state index is 12.9.